The summed E-state index contributed by atoms with van der Waals surface area (Å²) in [6.45, 7) is 10.2. The van der Waals surface area contributed by atoms with Gasteiger partial charge in [0.05, 0.1) is 17.9 Å². The minimum absolute atomic E-state index is 0.0750. The molecule has 1 aromatic carbocycles. The maximum atomic E-state index is 5.84. The second-order valence-corrected chi connectivity index (χ2v) is 9.54. The van der Waals surface area contributed by atoms with Crippen molar-refractivity contribution in [2.75, 3.05) is 25.0 Å². The Morgan fingerprint density at radius 1 is 1.31 bits per heavy atom. The molecule has 1 saturated heterocycles. The largest absolute Gasteiger partial charge is 0.373 e. The highest BCUT2D eigenvalue weighted by atomic mass is 32.1. The number of aromatic nitrogens is 1. The van der Waals surface area contributed by atoms with E-state index in [9.17, 15) is 0 Å². The first-order chi connectivity index (χ1) is 14.0. The molecule has 2 aromatic heterocycles. The number of aryl methyl sites for hydroxylation is 1. The number of fused-ring (bicyclic) bond motifs is 2. The van der Waals surface area contributed by atoms with Crippen LogP contribution in [-0.4, -0.2) is 41.4 Å². The number of aliphatic imine (C=N–C) groups is 1. The summed E-state index contributed by atoms with van der Waals surface area (Å²) in [4.78, 5) is 11.9. The van der Waals surface area contributed by atoms with Crippen LogP contribution in [0.1, 0.15) is 42.4 Å². The third-order valence-corrected chi connectivity index (χ3v) is 6.50. The van der Waals surface area contributed by atoms with E-state index < -0.39 is 0 Å². The van der Waals surface area contributed by atoms with Crippen LogP contribution in [0.2, 0.25) is 0 Å². The van der Waals surface area contributed by atoms with Crippen LogP contribution in [0, 0.1) is 6.92 Å². The molecule has 0 aliphatic carbocycles. The Hall–Kier alpha value is -2.28. The molecule has 0 saturated carbocycles. The number of ether oxygens (including phenoxy) is 1. The van der Waals surface area contributed by atoms with Crippen molar-refractivity contribution < 1.29 is 4.74 Å². The van der Waals surface area contributed by atoms with Crippen LogP contribution in [0.15, 0.2) is 40.8 Å². The zero-order valence-electron chi connectivity index (χ0n) is 17.1. The lowest BCUT2D eigenvalue weighted by Gasteiger charge is -2.38. The van der Waals surface area contributed by atoms with Crippen LogP contribution >= 0.6 is 11.3 Å². The Bertz CT molecular complexity index is 1090. The van der Waals surface area contributed by atoms with Gasteiger partial charge in [0.1, 0.15) is 0 Å². The Labute approximate surface area is 175 Å². The van der Waals surface area contributed by atoms with E-state index in [1.807, 2.05) is 12.4 Å². The lowest BCUT2D eigenvalue weighted by Crippen LogP contribution is -2.47. The monoisotopic (exact) mass is 406 g/mol. The van der Waals surface area contributed by atoms with Crippen molar-refractivity contribution in [2.45, 2.75) is 39.1 Å². The average molecular weight is 407 g/mol. The molecule has 0 bridgehead atoms. The SMILES string of the molecule is Cc1cc(CN2CCOC(C)(C)C2)cc2c1NC(c1cc3sccc3cn1)N=C2. The summed E-state index contributed by atoms with van der Waals surface area (Å²) < 4.78 is 7.09. The highest BCUT2D eigenvalue weighted by Crippen LogP contribution is 2.32. The smallest absolute Gasteiger partial charge is 0.161 e. The molecule has 1 atom stereocenters. The molecule has 5 nitrogen and oxygen atoms in total. The summed E-state index contributed by atoms with van der Waals surface area (Å²) in [5, 5.41) is 6.88. The third kappa shape index (κ3) is 3.80. The van der Waals surface area contributed by atoms with Gasteiger partial charge in [-0.05, 0) is 55.5 Å². The topological polar surface area (TPSA) is 49.8 Å². The van der Waals surface area contributed by atoms with Crippen LogP contribution in [0.3, 0.4) is 0 Å². The number of hydrogen-bond acceptors (Lipinski definition) is 6. The van der Waals surface area contributed by atoms with Crippen LogP contribution in [0.25, 0.3) is 10.1 Å². The van der Waals surface area contributed by atoms with Gasteiger partial charge in [0.25, 0.3) is 0 Å². The van der Waals surface area contributed by atoms with E-state index in [1.165, 1.54) is 21.2 Å². The summed E-state index contributed by atoms with van der Waals surface area (Å²) in [5.41, 5.74) is 5.77. The molecule has 4 heterocycles. The number of nitrogens with one attached hydrogen (secondary N) is 1. The molecule has 0 spiro atoms. The first-order valence-corrected chi connectivity index (χ1v) is 11.0. The molecule has 29 heavy (non-hydrogen) atoms. The van der Waals surface area contributed by atoms with Gasteiger partial charge < -0.3 is 10.1 Å². The summed E-state index contributed by atoms with van der Waals surface area (Å²) in [6.07, 6.45) is 3.79. The van der Waals surface area contributed by atoms with E-state index in [1.54, 1.807) is 11.3 Å². The summed E-state index contributed by atoms with van der Waals surface area (Å²) in [5.74, 6) is 0. The molecule has 1 unspecified atom stereocenters. The fourth-order valence-electron chi connectivity index (χ4n) is 4.29. The Morgan fingerprint density at radius 2 is 2.21 bits per heavy atom. The molecule has 2 aliphatic rings. The van der Waals surface area contributed by atoms with Gasteiger partial charge in [-0.25, -0.2) is 0 Å². The van der Waals surface area contributed by atoms with Gasteiger partial charge in [-0.1, -0.05) is 6.07 Å². The van der Waals surface area contributed by atoms with Crippen molar-refractivity contribution in [1.82, 2.24) is 9.88 Å². The molecule has 6 heteroatoms. The maximum absolute atomic E-state index is 5.84. The molecule has 2 aliphatic heterocycles. The van der Waals surface area contributed by atoms with E-state index in [2.05, 4.69) is 65.6 Å². The number of anilines is 1. The van der Waals surface area contributed by atoms with Crippen LogP contribution in [0.5, 0.6) is 0 Å². The van der Waals surface area contributed by atoms with Gasteiger partial charge in [-0.2, -0.15) is 0 Å². The zero-order chi connectivity index (χ0) is 20.0. The second-order valence-electron chi connectivity index (χ2n) is 8.59. The molecule has 3 aromatic rings. The fraction of sp³-hybridized carbons (Fsp3) is 0.391. The van der Waals surface area contributed by atoms with Gasteiger partial charge >= 0.3 is 0 Å². The van der Waals surface area contributed by atoms with Crippen LogP contribution in [0.4, 0.5) is 5.69 Å². The van der Waals surface area contributed by atoms with Gasteiger partial charge in [0, 0.05) is 53.4 Å². The molecular formula is C23H26N4OS. The van der Waals surface area contributed by atoms with E-state index in [4.69, 9.17) is 9.73 Å². The minimum atomic E-state index is -0.140. The highest BCUT2D eigenvalue weighted by Gasteiger charge is 2.27. The van der Waals surface area contributed by atoms with E-state index >= 15 is 0 Å². The lowest BCUT2D eigenvalue weighted by atomic mass is 10.0. The number of morpholine rings is 1. The molecular weight excluding hydrogens is 380 g/mol. The van der Waals surface area contributed by atoms with Crippen molar-refractivity contribution in [2.24, 2.45) is 4.99 Å². The van der Waals surface area contributed by atoms with Crippen molar-refractivity contribution in [3.05, 3.63) is 58.2 Å². The highest BCUT2D eigenvalue weighted by molar-refractivity contribution is 7.17. The average Bonchev–Trinajstić information content (AvgIpc) is 3.15. The fourth-order valence-corrected chi connectivity index (χ4v) is 5.10. The summed E-state index contributed by atoms with van der Waals surface area (Å²) in [7, 11) is 0. The number of hydrogen-bond donors (Lipinski definition) is 1. The van der Waals surface area contributed by atoms with E-state index in [-0.39, 0.29) is 11.8 Å². The molecule has 0 radical (unpaired) electrons. The minimum Gasteiger partial charge on any atom is -0.373 e. The number of rotatable bonds is 3. The van der Waals surface area contributed by atoms with Crippen molar-refractivity contribution >= 4 is 33.3 Å². The normalized spacial score (nSPS) is 21.1. The summed E-state index contributed by atoms with van der Waals surface area (Å²) >= 11 is 1.74. The van der Waals surface area contributed by atoms with Gasteiger partial charge in [0.2, 0.25) is 0 Å². The van der Waals surface area contributed by atoms with E-state index in [0.29, 0.717) is 0 Å². The molecule has 1 fully saturated rings. The predicted molar refractivity (Wildman–Crippen MR) is 120 cm³/mol. The number of thiophene rings is 1. The Morgan fingerprint density at radius 3 is 3.07 bits per heavy atom. The quantitative estimate of drug-likeness (QED) is 0.681. The van der Waals surface area contributed by atoms with Gasteiger partial charge in [-0.15, -0.1) is 11.3 Å². The predicted octanol–water partition coefficient (Wildman–Crippen LogP) is 4.76. The first-order valence-electron chi connectivity index (χ1n) is 10.1. The van der Waals surface area contributed by atoms with Crippen molar-refractivity contribution in [3.8, 4) is 0 Å². The Kier molecular flexibility index (Phi) is 4.65. The second kappa shape index (κ2) is 7.20. The molecule has 1 N–H and O–H groups in total. The molecule has 0 amide bonds. The Balaban J connectivity index is 1.37. The number of benzene rings is 1. The standard InChI is InChI=1S/C23H26N4OS/c1-15-8-16(13-27-5-6-28-23(2,3)14-27)9-18-12-25-22(26-21(15)18)19-10-20-17(11-24-19)4-7-29-20/h4,7-12,22,26H,5-6,13-14H2,1-3H3. The number of pyridine rings is 1. The van der Waals surface area contributed by atoms with Crippen LogP contribution < -0.4 is 5.32 Å². The van der Waals surface area contributed by atoms with Crippen LogP contribution in [-0.2, 0) is 11.3 Å². The summed E-state index contributed by atoms with van der Waals surface area (Å²) in [6, 6.07) is 8.79. The first kappa shape index (κ1) is 18.7. The van der Waals surface area contributed by atoms with E-state index in [0.717, 1.165) is 43.2 Å². The lowest BCUT2D eigenvalue weighted by molar-refractivity contribution is -0.0882. The zero-order valence-corrected chi connectivity index (χ0v) is 17.9. The number of nitrogens with zero attached hydrogens (tertiary/aromatic N) is 3. The molecule has 5 rings (SSSR count). The molecule has 150 valence electrons. The van der Waals surface area contributed by atoms with Gasteiger partial charge in [-0.3, -0.25) is 14.9 Å². The van der Waals surface area contributed by atoms with Gasteiger partial charge in [0.15, 0.2) is 6.17 Å². The van der Waals surface area contributed by atoms with Crippen molar-refractivity contribution in [1.29, 1.82) is 0 Å². The third-order valence-electron chi connectivity index (χ3n) is 5.62. The van der Waals surface area contributed by atoms with Crippen molar-refractivity contribution in [3.63, 3.8) is 0 Å². The maximum Gasteiger partial charge on any atom is 0.161 e.